The Bertz CT molecular complexity index is 2820. The van der Waals surface area contributed by atoms with Crippen LogP contribution in [0.1, 0.15) is 90.2 Å². The summed E-state index contributed by atoms with van der Waals surface area (Å²) >= 11 is 4.17. The van der Waals surface area contributed by atoms with Crippen molar-refractivity contribution in [3.05, 3.63) is 71.9 Å². The molecule has 10 atom stereocenters. The maximum atomic E-state index is 14.1. The molecule has 466 valence electrons. The number of carboxylic acids is 1. The normalized spacial score (nSPS) is 14.5. The van der Waals surface area contributed by atoms with E-state index in [4.69, 9.17) is 22.9 Å². The fraction of sp³-hybridized carbons (Fsp3) is 0.509. The summed E-state index contributed by atoms with van der Waals surface area (Å²) in [4.78, 5) is 174. The van der Waals surface area contributed by atoms with E-state index in [2.05, 4.69) is 70.8 Å². The molecule has 0 spiro atoms. The first-order valence-electron chi connectivity index (χ1n) is 27.7. The number of nitrogens with one attached hydrogen (secondary N) is 11. The number of amides is 12. The lowest BCUT2D eigenvalue weighted by Crippen LogP contribution is -2.60. The minimum Gasteiger partial charge on any atom is -0.481 e. The monoisotopic (exact) mass is 1210 g/mol. The van der Waals surface area contributed by atoms with Crippen LogP contribution in [0.15, 0.2) is 60.8 Å². The van der Waals surface area contributed by atoms with Gasteiger partial charge in [-0.25, -0.2) is 0 Å². The number of carbonyl (C=O) groups excluding carboxylic acids is 12. The number of rotatable bonds is 38. The Balaban J connectivity index is 1.69. The van der Waals surface area contributed by atoms with Gasteiger partial charge in [0.2, 0.25) is 70.9 Å². The van der Waals surface area contributed by atoms with Gasteiger partial charge in [-0.15, -0.1) is 0 Å². The second kappa shape index (κ2) is 36.2. The summed E-state index contributed by atoms with van der Waals surface area (Å²) in [5.41, 5.74) is 24.4. The second-order valence-electron chi connectivity index (χ2n) is 20.4. The molecule has 12 amide bonds. The molecule has 0 aliphatic rings. The van der Waals surface area contributed by atoms with Crippen molar-refractivity contribution in [1.29, 1.82) is 0 Å². The molecular weight excluding hydrogens is 1130 g/mol. The third-order valence-electron chi connectivity index (χ3n) is 13.5. The molecule has 1 aromatic heterocycles. The largest absolute Gasteiger partial charge is 0.481 e. The number of thiol groups is 1. The highest BCUT2D eigenvalue weighted by Crippen LogP contribution is 2.20. The third-order valence-corrected chi connectivity index (χ3v) is 13.9. The number of hydrogen-bond donors (Lipinski definition) is 17. The van der Waals surface area contributed by atoms with Crippen molar-refractivity contribution < 1.29 is 67.4 Å². The number of fused-ring (bicyclic) bond motifs is 1. The molecule has 2 aromatic carbocycles. The lowest BCUT2D eigenvalue weighted by atomic mass is 9.97. The molecule has 3 rings (SSSR count). The van der Waals surface area contributed by atoms with Crippen LogP contribution in [0.25, 0.3) is 10.9 Å². The van der Waals surface area contributed by atoms with Crippen LogP contribution < -0.4 is 76.1 Å². The molecule has 0 aliphatic carbocycles. The fourth-order valence-electron chi connectivity index (χ4n) is 8.40. The van der Waals surface area contributed by atoms with Gasteiger partial charge in [-0.2, -0.15) is 12.6 Å². The highest BCUT2D eigenvalue weighted by atomic mass is 32.1. The summed E-state index contributed by atoms with van der Waals surface area (Å²) in [6, 6.07) is 3.92. The molecule has 29 nitrogen and oxygen atoms in total. The van der Waals surface area contributed by atoms with Gasteiger partial charge in [-0.1, -0.05) is 68.8 Å². The van der Waals surface area contributed by atoms with Crippen LogP contribution in [0.5, 0.6) is 0 Å². The van der Waals surface area contributed by atoms with Gasteiger partial charge in [0.25, 0.3) is 0 Å². The van der Waals surface area contributed by atoms with Gasteiger partial charge in [0.1, 0.15) is 48.3 Å². The maximum Gasteiger partial charge on any atom is 0.303 e. The molecule has 1 heterocycles. The van der Waals surface area contributed by atoms with Crippen LogP contribution in [-0.4, -0.2) is 167 Å². The van der Waals surface area contributed by atoms with Crippen molar-refractivity contribution in [2.24, 2.45) is 28.9 Å². The molecule has 0 unspecified atom stereocenters. The molecule has 0 saturated heterocycles. The highest BCUT2D eigenvalue weighted by molar-refractivity contribution is 7.80. The molecular formula is C55H81N15O14S. The van der Waals surface area contributed by atoms with Gasteiger partial charge < -0.3 is 86.2 Å². The van der Waals surface area contributed by atoms with E-state index in [1.54, 1.807) is 56.4 Å². The lowest BCUT2D eigenvalue weighted by molar-refractivity contribution is -0.138. The molecule has 20 N–H and O–H groups in total. The second-order valence-corrected chi connectivity index (χ2v) is 20.7. The Kier molecular flexibility index (Phi) is 30.0. The number of H-pyrrole nitrogens is 1. The zero-order valence-electron chi connectivity index (χ0n) is 48.0. The predicted molar refractivity (Wildman–Crippen MR) is 314 cm³/mol. The van der Waals surface area contributed by atoms with E-state index in [1.807, 2.05) is 18.2 Å². The lowest BCUT2D eigenvalue weighted by Gasteiger charge is -2.28. The van der Waals surface area contributed by atoms with Crippen LogP contribution in [0.2, 0.25) is 0 Å². The Labute approximate surface area is 496 Å². The Morgan fingerprint density at radius 3 is 1.65 bits per heavy atom. The van der Waals surface area contributed by atoms with E-state index in [0.717, 1.165) is 10.9 Å². The van der Waals surface area contributed by atoms with Crippen LogP contribution in [0.3, 0.4) is 0 Å². The molecule has 0 radical (unpaired) electrons. The Morgan fingerprint density at radius 1 is 0.565 bits per heavy atom. The number of nitrogens with two attached hydrogens (primary N) is 4. The number of aromatic amines is 1. The van der Waals surface area contributed by atoms with E-state index in [1.165, 1.54) is 13.8 Å². The molecule has 85 heavy (non-hydrogen) atoms. The van der Waals surface area contributed by atoms with Crippen molar-refractivity contribution in [1.82, 2.24) is 58.2 Å². The van der Waals surface area contributed by atoms with E-state index < -0.39 is 176 Å². The number of unbranched alkanes of at least 4 members (excludes halogenated alkanes) is 1. The number of aliphatic carboxylic acids is 1. The van der Waals surface area contributed by atoms with Crippen molar-refractivity contribution in [2.75, 3.05) is 25.4 Å². The van der Waals surface area contributed by atoms with Crippen LogP contribution in [0, 0.1) is 5.92 Å². The molecule has 3 aromatic rings. The van der Waals surface area contributed by atoms with E-state index in [9.17, 15) is 67.4 Å². The minimum atomic E-state index is -1.60. The van der Waals surface area contributed by atoms with Crippen LogP contribution in [-0.2, 0) is 75.2 Å². The zero-order chi connectivity index (χ0) is 63.3. The van der Waals surface area contributed by atoms with E-state index in [0.29, 0.717) is 24.0 Å². The van der Waals surface area contributed by atoms with Gasteiger partial charge >= 0.3 is 5.97 Å². The summed E-state index contributed by atoms with van der Waals surface area (Å²) in [7, 11) is 0. The van der Waals surface area contributed by atoms with Gasteiger partial charge in [-0.05, 0) is 75.6 Å². The summed E-state index contributed by atoms with van der Waals surface area (Å²) in [5.74, 6) is -12.3. The summed E-state index contributed by atoms with van der Waals surface area (Å²) in [6.45, 7) is 4.95. The van der Waals surface area contributed by atoms with Gasteiger partial charge in [-0.3, -0.25) is 62.3 Å². The molecule has 0 fully saturated rings. The quantitative estimate of drug-likeness (QED) is 0.0193. The maximum absolute atomic E-state index is 14.1. The smallest absolute Gasteiger partial charge is 0.303 e. The SMILES string of the molecule is CC[C@H](C)[C@H](NC(=O)CNC(=O)[C@H](C)NC(=O)CNC(=O)[C@H](Cc1c[nH]c2ccccc12)NC(=O)[C@H](CS)NC(=O)[C@H](C)N)C(=O)N[C@@H](CCCCN)C(=O)N[C@@H](CCC(N)=O)C(=O)N[C@@H](CCC(=O)O)C(=O)N[C@@H](Cc1ccccc1)C(N)=O. The molecule has 0 saturated carbocycles. The average Bonchev–Trinajstić information content (AvgIpc) is 3.45. The van der Waals surface area contributed by atoms with E-state index in [-0.39, 0.29) is 38.0 Å². The molecule has 30 heteroatoms. The molecule has 0 aliphatic heterocycles. The summed E-state index contributed by atoms with van der Waals surface area (Å²) in [6.07, 6.45) is 0.580. The van der Waals surface area contributed by atoms with Crippen molar-refractivity contribution in [3.63, 3.8) is 0 Å². The first kappa shape index (κ1) is 70.6. The number of primary amides is 2. The van der Waals surface area contributed by atoms with Gasteiger partial charge in [0.05, 0.1) is 19.1 Å². The number of para-hydroxylation sites is 1. The van der Waals surface area contributed by atoms with Crippen molar-refractivity contribution >= 4 is 100 Å². The standard InChI is InChI=1S/C55H81N15O14S/c1-5-29(2)46(70-44(73)27-61-49(78)31(4)63-43(72)26-62-50(79)40(24-33-25-60-35-16-10-9-15-34(33)35)68-54(83)41(28-85)69-48(77)30(3)57)55(84)66-36(17-11-12-22-56)51(80)64-37(18-20-42(58)71)52(81)65-38(19-21-45(74)75)53(82)67-39(47(59)76)23-32-13-7-6-8-14-32/h6-10,13-16,25,29-31,36-41,46,60,85H,5,11-12,17-24,26-28,56-57H2,1-4H3,(H2,58,71)(H2,59,76)(H,61,78)(H,62,79)(H,63,72)(H,64,80)(H,65,81)(H,66,84)(H,67,82)(H,68,83)(H,69,77)(H,70,73)(H,74,75)/t29-,30-,31-,36-,37-,38-,39-,40-,41-,46-/m0/s1. The number of hydrogen-bond acceptors (Lipinski definition) is 16. The number of aromatic nitrogens is 1. The number of carboxylic acid groups (broad SMARTS) is 1. The van der Waals surface area contributed by atoms with Gasteiger partial charge in [0.15, 0.2) is 0 Å². The van der Waals surface area contributed by atoms with Crippen LogP contribution >= 0.6 is 12.6 Å². The minimum absolute atomic E-state index is 0.0388. The van der Waals surface area contributed by atoms with Crippen LogP contribution in [0.4, 0.5) is 0 Å². The van der Waals surface area contributed by atoms with E-state index >= 15 is 0 Å². The predicted octanol–water partition coefficient (Wildman–Crippen LogP) is -3.85. The number of benzene rings is 2. The number of carbonyl (C=O) groups is 13. The first-order chi connectivity index (χ1) is 40.3. The van der Waals surface area contributed by atoms with Gasteiger partial charge in [0, 0.05) is 48.5 Å². The Morgan fingerprint density at radius 2 is 1.08 bits per heavy atom. The van der Waals surface area contributed by atoms with Crippen molar-refractivity contribution in [3.8, 4) is 0 Å². The highest BCUT2D eigenvalue weighted by Gasteiger charge is 2.35. The summed E-state index contributed by atoms with van der Waals surface area (Å²) in [5, 5.41) is 35.1. The van der Waals surface area contributed by atoms with Crippen molar-refractivity contribution in [2.45, 2.75) is 146 Å². The Hall–Kier alpha value is -8.64. The fourth-order valence-corrected chi connectivity index (χ4v) is 8.66. The first-order valence-corrected chi connectivity index (χ1v) is 28.3. The topological polar surface area (TPSA) is 482 Å². The average molecular weight is 1210 g/mol. The third kappa shape index (κ3) is 24.6. The molecule has 0 bridgehead atoms. The zero-order valence-corrected chi connectivity index (χ0v) is 48.9. The summed E-state index contributed by atoms with van der Waals surface area (Å²) < 4.78 is 0.